The Morgan fingerprint density at radius 1 is 1.36 bits per heavy atom. The summed E-state index contributed by atoms with van der Waals surface area (Å²) in [5.41, 5.74) is 0. The third kappa shape index (κ3) is 3.66. The van der Waals surface area contributed by atoms with Crippen LogP contribution in [0.4, 0.5) is 0 Å². The lowest BCUT2D eigenvalue weighted by Crippen LogP contribution is -2.40. The highest BCUT2D eigenvalue weighted by Crippen LogP contribution is 2.21. The molecule has 2 N–H and O–H groups in total. The molecule has 0 radical (unpaired) electrons. The van der Waals surface area contributed by atoms with Crippen LogP contribution in [0.15, 0.2) is 21.6 Å². The van der Waals surface area contributed by atoms with E-state index in [0.717, 1.165) is 6.07 Å². The molecule has 0 spiro atoms. The number of carbonyl (C=O) groups is 2. The number of amides is 1. The van der Waals surface area contributed by atoms with Crippen molar-refractivity contribution in [1.29, 1.82) is 0 Å². The van der Waals surface area contributed by atoms with Crippen molar-refractivity contribution in [3.63, 3.8) is 0 Å². The number of hydrogen-bond donors (Lipinski definition) is 1. The first kappa shape index (κ1) is 16.5. The molecule has 1 aromatic rings. The van der Waals surface area contributed by atoms with Gasteiger partial charge >= 0.3 is 5.97 Å². The predicted molar refractivity (Wildman–Crippen MR) is 75.3 cm³/mol. The smallest absolute Gasteiger partial charge is 0.309 e. The molecule has 8 nitrogen and oxygen atoms in total. The van der Waals surface area contributed by atoms with Crippen LogP contribution < -0.4 is 5.14 Å². The minimum absolute atomic E-state index is 0.0846. The molecule has 1 saturated heterocycles. The van der Waals surface area contributed by atoms with Gasteiger partial charge in [-0.15, -0.1) is 0 Å². The number of carbonyl (C=O) groups excluding carboxylic acids is 2. The van der Waals surface area contributed by atoms with E-state index in [2.05, 4.69) is 0 Å². The number of likely N-dealkylation sites (tertiary alicyclic amines) is 1. The monoisotopic (exact) mass is 330 g/mol. The van der Waals surface area contributed by atoms with Crippen molar-refractivity contribution in [3.05, 3.63) is 17.9 Å². The van der Waals surface area contributed by atoms with Crippen molar-refractivity contribution in [2.45, 2.75) is 24.9 Å². The third-order valence-corrected chi connectivity index (χ3v) is 4.25. The molecule has 0 aromatic carbocycles. The zero-order valence-electron chi connectivity index (χ0n) is 12.1. The molecule has 1 aromatic heterocycles. The Morgan fingerprint density at radius 2 is 2.00 bits per heavy atom. The Hall–Kier alpha value is -1.87. The molecule has 9 heteroatoms. The number of hydrogen-bond acceptors (Lipinski definition) is 6. The average Bonchev–Trinajstić information content (AvgIpc) is 2.97. The first-order chi connectivity index (χ1) is 10.3. The summed E-state index contributed by atoms with van der Waals surface area (Å²) < 4.78 is 32.2. The molecule has 2 heterocycles. The number of piperidine rings is 1. The summed E-state index contributed by atoms with van der Waals surface area (Å²) >= 11 is 0. The maximum Gasteiger partial charge on any atom is 0.309 e. The van der Waals surface area contributed by atoms with E-state index >= 15 is 0 Å². The summed E-state index contributed by atoms with van der Waals surface area (Å²) in [6, 6.07) is 2.42. The zero-order chi connectivity index (χ0) is 16.3. The molecular weight excluding hydrogens is 312 g/mol. The molecule has 0 unspecified atom stereocenters. The summed E-state index contributed by atoms with van der Waals surface area (Å²) in [6.07, 6.45) is 1.01. The van der Waals surface area contributed by atoms with E-state index in [1.54, 1.807) is 6.92 Å². The number of primary sulfonamides is 1. The van der Waals surface area contributed by atoms with Crippen molar-refractivity contribution in [1.82, 2.24) is 4.90 Å². The van der Waals surface area contributed by atoms with E-state index in [1.807, 2.05) is 0 Å². The summed E-state index contributed by atoms with van der Waals surface area (Å²) in [4.78, 5) is 25.4. The highest BCUT2D eigenvalue weighted by atomic mass is 32.2. The molecule has 1 fully saturated rings. The van der Waals surface area contributed by atoms with Gasteiger partial charge in [0.2, 0.25) is 5.09 Å². The fourth-order valence-corrected chi connectivity index (χ4v) is 2.79. The Labute approximate surface area is 128 Å². The fourth-order valence-electron chi connectivity index (χ4n) is 2.32. The summed E-state index contributed by atoms with van der Waals surface area (Å²) in [7, 11) is -3.97. The van der Waals surface area contributed by atoms with Crippen molar-refractivity contribution >= 4 is 21.9 Å². The third-order valence-electron chi connectivity index (χ3n) is 3.47. The number of furan rings is 1. The van der Waals surface area contributed by atoms with Crippen molar-refractivity contribution < 1.29 is 27.2 Å². The number of esters is 1. The maximum atomic E-state index is 12.2. The van der Waals surface area contributed by atoms with Crippen LogP contribution in [0.2, 0.25) is 0 Å². The highest BCUT2D eigenvalue weighted by Gasteiger charge is 2.30. The van der Waals surface area contributed by atoms with Gasteiger partial charge in [0, 0.05) is 13.1 Å². The molecule has 1 amide bonds. The molecule has 1 aliphatic rings. The minimum atomic E-state index is -3.97. The van der Waals surface area contributed by atoms with Crippen LogP contribution in [0.5, 0.6) is 0 Å². The Bertz CT molecular complexity index is 658. The summed E-state index contributed by atoms with van der Waals surface area (Å²) in [5.74, 6) is -0.958. The van der Waals surface area contributed by atoms with E-state index in [4.69, 9.17) is 14.3 Å². The van der Waals surface area contributed by atoms with Crippen LogP contribution in [0, 0.1) is 5.92 Å². The van der Waals surface area contributed by atoms with Gasteiger partial charge in [-0.1, -0.05) is 0 Å². The van der Waals surface area contributed by atoms with Gasteiger partial charge < -0.3 is 14.1 Å². The van der Waals surface area contributed by atoms with Gasteiger partial charge in [-0.25, -0.2) is 13.6 Å². The molecule has 0 aliphatic carbocycles. The number of nitrogens with two attached hydrogens (primary N) is 1. The van der Waals surface area contributed by atoms with E-state index in [1.165, 1.54) is 11.0 Å². The van der Waals surface area contributed by atoms with Crippen molar-refractivity contribution in [3.8, 4) is 0 Å². The van der Waals surface area contributed by atoms with Crippen LogP contribution >= 0.6 is 0 Å². The van der Waals surface area contributed by atoms with Gasteiger partial charge in [-0.2, -0.15) is 0 Å². The lowest BCUT2D eigenvalue weighted by Gasteiger charge is -2.30. The van der Waals surface area contributed by atoms with Crippen LogP contribution in [-0.4, -0.2) is 44.9 Å². The molecule has 2 rings (SSSR count). The summed E-state index contributed by atoms with van der Waals surface area (Å²) in [5, 5.41) is 4.48. The zero-order valence-corrected chi connectivity index (χ0v) is 13.0. The van der Waals surface area contributed by atoms with Gasteiger partial charge in [0.25, 0.3) is 15.9 Å². The van der Waals surface area contributed by atoms with Crippen LogP contribution in [0.25, 0.3) is 0 Å². The van der Waals surface area contributed by atoms with Crippen LogP contribution in [-0.2, 0) is 19.6 Å². The first-order valence-corrected chi connectivity index (χ1v) is 8.46. The summed E-state index contributed by atoms with van der Waals surface area (Å²) in [6.45, 7) is 2.85. The SMILES string of the molecule is CCOC(=O)C1CCN(C(=O)c2ccc(S(N)(=O)=O)o2)CC1. The highest BCUT2D eigenvalue weighted by molar-refractivity contribution is 7.89. The van der Waals surface area contributed by atoms with Crippen LogP contribution in [0.3, 0.4) is 0 Å². The first-order valence-electron chi connectivity index (χ1n) is 6.91. The van der Waals surface area contributed by atoms with E-state index in [0.29, 0.717) is 32.5 Å². The second-order valence-corrected chi connectivity index (χ2v) is 6.47. The standard InChI is InChI=1S/C13H18N2O6S/c1-2-20-13(17)9-5-7-15(8-6-9)12(16)10-3-4-11(21-10)22(14,18)19/h3-4,9H,2,5-8H2,1H3,(H2,14,18,19). The van der Waals surface area contributed by atoms with Gasteiger partial charge in [-0.3, -0.25) is 9.59 Å². The lowest BCUT2D eigenvalue weighted by molar-refractivity contribution is -0.149. The largest absolute Gasteiger partial charge is 0.466 e. The molecule has 0 bridgehead atoms. The van der Waals surface area contributed by atoms with Crippen molar-refractivity contribution in [2.75, 3.05) is 19.7 Å². The number of rotatable bonds is 4. The fraction of sp³-hybridized carbons (Fsp3) is 0.538. The molecule has 122 valence electrons. The molecule has 22 heavy (non-hydrogen) atoms. The van der Waals surface area contributed by atoms with Crippen molar-refractivity contribution in [2.24, 2.45) is 11.1 Å². The predicted octanol–water partition coefficient (Wildman–Crippen LogP) is 0.342. The number of nitrogens with zero attached hydrogens (tertiary/aromatic N) is 1. The van der Waals surface area contributed by atoms with Gasteiger partial charge in [-0.05, 0) is 31.9 Å². The maximum absolute atomic E-state index is 12.2. The molecule has 0 atom stereocenters. The van der Waals surface area contributed by atoms with Gasteiger partial charge in [0.15, 0.2) is 5.76 Å². The number of sulfonamides is 1. The Morgan fingerprint density at radius 3 is 2.50 bits per heavy atom. The Kier molecular flexibility index (Phi) is 4.87. The molecular formula is C13H18N2O6S. The number of ether oxygens (including phenoxy) is 1. The van der Waals surface area contributed by atoms with E-state index in [9.17, 15) is 18.0 Å². The topological polar surface area (TPSA) is 120 Å². The van der Waals surface area contributed by atoms with Gasteiger partial charge in [0.1, 0.15) is 0 Å². The van der Waals surface area contributed by atoms with E-state index < -0.39 is 21.0 Å². The molecule has 0 saturated carbocycles. The second-order valence-electron chi connectivity index (χ2n) is 4.98. The van der Waals surface area contributed by atoms with Crippen LogP contribution in [0.1, 0.15) is 30.3 Å². The second kappa shape index (κ2) is 6.49. The average molecular weight is 330 g/mol. The van der Waals surface area contributed by atoms with E-state index in [-0.39, 0.29) is 17.6 Å². The lowest BCUT2D eigenvalue weighted by atomic mass is 9.97. The normalized spacial score (nSPS) is 16.5. The Balaban J connectivity index is 1.98. The minimum Gasteiger partial charge on any atom is -0.466 e. The quantitative estimate of drug-likeness (QED) is 0.795. The van der Waals surface area contributed by atoms with Gasteiger partial charge in [0.05, 0.1) is 12.5 Å². The molecule has 1 aliphatic heterocycles.